The molecule has 1 saturated heterocycles. The number of ether oxygens (including phenoxy) is 1. The lowest BCUT2D eigenvalue weighted by molar-refractivity contribution is -0.207. The lowest BCUT2D eigenvalue weighted by Crippen LogP contribution is -2.62. The second kappa shape index (κ2) is 10.3. The lowest BCUT2D eigenvalue weighted by Gasteiger charge is -2.57. The Morgan fingerprint density at radius 3 is 2.37 bits per heavy atom. The summed E-state index contributed by atoms with van der Waals surface area (Å²) in [5.41, 5.74) is -0.246. The average Bonchev–Trinajstić information content (AvgIpc) is 3.15. The van der Waals surface area contributed by atoms with Crippen molar-refractivity contribution in [1.29, 1.82) is 0 Å². The van der Waals surface area contributed by atoms with Gasteiger partial charge in [-0.2, -0.15) is 0 Å². The highest BCUT2D eigenvalue weighted by atomic mass is 16.5. The standard InChI is InChI=1S/C29H50O6/c1-7-18(14(2)3)25(32)24(31)15(4)28-23-22(20-13-17(30)10-11-19(20)16(5)35-28)27(34)26(33)21-9-8-12-29(21,23)6/h14-16,18-28,31-34H,7-13H2,1-6H3/t15?,16-,18-,19+,20?,21?,22?,23?,24-,25-,26+,27-,28+,29-/m0/s1. The van der Waals surface area contributed by atoms with Crippen LogP contribution in [-0.4, -0.2) is 62.8 Å². The van der Waals surface area contributed by atoms with Crippen LogP contribution in [0.2, 0.25) is 0 Å². The van der Waals surface area contributed by atoms with Crippen molar-refractivity contribution >= 4 is 5.78 Å². The molecule has 14 atom stereocenters. The van der Waals surface area contributed by atoms with Gasteiger partial charge < -0.3 is 25.2 Å². The highest BCUT2D eigenvalue weighted by Crippen LogP contribution is 2.63. The van der Waals surface area contributed by atoms with Gasteiger partial charge in [0.15, 0.2) is 0 Å². The van der Waals surface area contributed by atoms with E-state index in [1.54, 1.807) is 0 Å². The van der Waals surface area contributed by atoms with E-state index in [9.17, 15) is 25.2 Å². The second-order valence-corrected chi connectivity index (χ2v) is 13.2. The van der Waals surface area contributed by atoms with Crippen LogP contribution in [0.15, 0.2) is 0 Å². The molecule has 35 heavy (non-hydrogen) atoms. The van der Waals surface area contributed by atoms with Crippen LogP contribution in [0.25, 0.3) is 0 Å². The quantitative estimate of drug-likeness (QED) is 0.450. The Bertz CT molecular complexity index is 755. The molecule has 0 bridgehead atoms. The summed E-state index contributed by atoms with van der Waals surface area (Å²) in [6.45, 7) is 12.5. The molecule has 5 unspecified atom stereocenters. The van der Waals surface area contributed by atoms with Gasteiger partial charge in [-0.1, -0.05) is 47.5 Å². The number of rotatable bonds is 6. The SMILES string of the molecule is CC[C@@H](C(C)C)[C@H](O)[C@@H](O)C(C)[C@H]1O[C@@H](C)[C@H]2CCC(=O)CC2C2C1[C@@]1(C)CCCC1[C@@H](O)[C@H]2O. The van der Waals surface area contributed by atoms with E-state index in [2.05, 4.69) is 34.6 Å². The molecule has 3 aliphatic carbocycles. The normalized spacial score (nSPS) is 47.3. The predicted molar refractivity (Wildman–Crippen MR) is 134 cm³/mol. The summed E-state index contributed by atoms with van der Waals surface area (Å²) in [6.07, 6.45) is 1.32. The zero-order chi connectivity index (χ0) is 25.8. The van der Waals surface area contributed by atoms with Crippen LogP contribution in [0.3, 0.4) is 0 Å². The van der Waals surface area contributed by atoms with Crippen LogP contribution >= 0.6 is 0 Å². The molecule has 0 amide bonds. The van der Waals surface area contributed by atoms with E-state index in [1.807, 2.05) is 6.92 Å². The number of carbonyl (C=O) groups is 1. The van der Waals surface area contributed by atoms with Crippen molar-refractivity contribution < 1.29 is 30.0 Å². The largest absolute Gasteiger partial charge is 0.390 e. The number of aliphatic hydroxyl groups is 4. The molecule has 0 spiro atoms. The molecule has 4 N–H and O–H groups in total. The Hall–Kier alpha value is -0.530. The number of carbonyl (C=O) groups excluding carboxylic acids is 1. The maximum atomic E-state index is 12.6. The number of ketones is 1. The van der Waals surface area contributed by atoms with Crippen molar-refractivity contribution in [1.82, 2.24) is 0 Å². The molecule has 1 aliphatic heterocycles. The zero-order valence-corrected chi connectivity index (χ0v) is 22.6. The Kier molecular flexibility index (Phi) is 8.11. The summed E-state index contributed by atoms with van der Waals surface area (Å²) in [4.78, 5) is 12.6. The van der Waals surface area contributed by atoms with Gasteiger partial charge in [0, 0.05) is 18.8 Å². The second-order valence-electron chi connectivity index (χ2n) is 13.2. The first kappa shape index (κ1) is 27.5. The Balaban J connectivity index is 1.77. The summed E-state index contributed by atoms with van der Waals surface area (Å²) < 4.78 is 6.87. The first-order valence-electron chi connectivity index (χ1n) is 14.3. The van der Waals surface area contributed by atoms with Crippen molar-refractivity contribution in [2.24, 2.45) is 52.8 Å². The molecule has 0 aromatic rings. The van der Waals surface area contributed by atoms with E-state index in [-0.39, 0.29) is 70.7 Å². The van der Waals surface area contributed by atoms with Gasteiger partial charge in [-0.05, 0) is 73.0 Å². The highest BCUT2D eigenvalue weighted by Gasteiger charge is 2.65. The Morgan fingerprint density at radius 2 is 1.74 bits per heavy atom. The van der Waals surface area contributed by atoms with Gasteiger partial charge in [0.25, 0.3) is 0 Å². The van der Waals surface area contributed by atoms with Gasteiger partial charge in [0.1, 0.15) is 5.78 Å². The molecule has 0 radical (unpaired) electrons. The summed E-state index contributed by atoms with van der Waals surface area (Å²) in [7, 11) is 0. The smallest absolute Gasteiger partial charge is 0.133 e. The topological polar surface area (TPSA) is 107 Å². The van der Waals surface area contributed by atoms with Crippen molar-refractivity contribution in [3.8, 4) is 0 Å². The first-order valence-corrected chi connectivity index (χ1v) is 14.3. The molecule has 0 aromatic carbocycles. The van der Waals surface area contributed by atoms with Crippen molar-refractivity contribution in [2.75, 3.05) is 0 Å². The summed E-state index contributed by atoms with van der Waals surface area (Å²) in [6, 6.07) is 0. The molecular formula is C29H50O6. The van der Waals surface area contributed by atoms with E-state index in [0.29, 0.717) is 12.8 Å². The first-order chi connectivity index (χ1) is 16.4. The molecule has 1 heterocycles. The number of aliphatic hydroxyl groups excluding tert-OH is 4. The Labute approximate surface area is 211 Å². The summed E-state index contributed by atoms with van der Waals surface area (Å²) in [5.74, 6) is -0.133. The van der Waals surface area contributed by atoms with Crippen LogP contribution in [0.5, 0.6) is 0 Å². The van der Waals surface area contributed by atoms with Crippen LogP contribution in [0, 0.1) is 52.8 Å². The monoisotopic (exact) mass is 494 g/mol. The maximum absolute atomic E-state index is 12.6. The molecule has 4 aliphatic rings. The van der Waals surface area contributed by atoms with Crippen LogP contribution < -0.4 is 0 Å². The van der Waals surface area contributed by atoms with E-state index in [0.717, 1.165) is 32.1 Å². The summed E-state index contributed by atoms with van der Waals surface area (Å²) in [5, 5.41) is 45.6. The molecule has 202 valence electrons. The molecule has 4 rings (SSSR count). The molecular weight excluding hydrogens is 444 g/mol. The van der Waals surface area contributed by atoms with E-state index in [4.69, 9.17) is 4.74 Å². The molecule has 3 saturated carbocycles. The number of fused-ring (bicyclic) bond motifs is 5. The third-order valence-electron chi connectivity index (χ3n) is 11.2. The van der Waals surface area contributed by atoms with Crippen LogP contribution in [-0.2, 0) is 9.53 Å². The number of Topliss-reactive ketones (excluding diaryl/α,β-unsaturated/α-hetero) is 1. The summed E-state index contributed by atoms with van der Waals surface area (Å²) >= 11 is 0. The fourth-order valence-corrected chi connectivity index (χ4v) is 9.24. The number of hydrogen-bond donors (Lipinski definition) is 4. The van der Waals surface area contributed by atoms with Gasteiger partial charge >= 0.3 is 0 Å². The lowest BCUT2D eigenvalue weighted by atomic mass is 9.49. The number of hydrogen-bond acceptors (Lipinski definition) is 6. The minimum absolute atomic E-state index is 0.0137. The third-order valence-corrected chi connectivity index (χ3v) is 11.2. The zero-order valence-electron chi connectivity index (χ0n) is 22.6. The molecule has 6 nitrogen and oxygen atoms in total. The highest BCUT2D eigenvalue weighted by molar-refractivity contribution is 5.79. The Morgan fingerprint density at radius 1 is 1.06 bits per heavy atom. The van der Waals surface area contributed by atoms with Gasteiger partial charge in [-0.3, -0.25) is 4.79 Å². The fourth-order valence-electron chi connectivity index (χ4n) is 9.24. The van der Waals surface area contributed by atoms with E-state index < -0.39 is 24.4 Å². The van der Waals surface area contributed by atoms with Gasteiger partial charge in [0.2, 0.25) is 0 Å². The molecule has 0 aromatic heterocycles. The molecule has 4 fully saturated rings. The van der Waals surface area contributed by atoms with Gasteiger partial charge in [-0.25, -0.2) is 0 Å². The van der Waals surface area contributed by atoms with Crippen molar-refractivity contribution in [3.05, 3.63) is 0 Å². The minimum atomic E-state index is -0.950. The van der Waals surface area contributed by atoms with Crippen molar-refractivity contribution in [2.45, 2.75) is 123 Å². The van der Waals surface area contributed by atoms with Crippen LogP contribution in [0.1, 0.15) is 86.5 Å². The fraction of sp³-hybridized carbons (Fsp3) is 0.966. The van der Waals surface area contributed by atoms with E-state index in [1.165, 1.54) is 0 Å². The molecule has 6 heteroatoms. The van der Waals surface area contributed by atoms with E-state index >= 15 is 0 Å². The predicted octanol–water partition coefficient (Wildman–Crippen LogP) is 3.57. The van der Waals surface area contributed by atoms with Crippen molar-refractivity contribution in [3.63, 3.8) is 0 Å². The minimum Gasteiger partial charge on any atom is -0.390 e. The van der Waals surface area contributed by atoms with Crippen LogP contribution in [0.4, 0.5) is 0 Å². The van der Waals surface area contributed by atoms with Gasteiger partial charge in [0.05, 0.1) is 36.6 Å². The van der Waals surface area contributed by atoms with Gasteiger partial charge in [-0.15, -0.1) is 0 Å². The third kappa shape index (κ3) is 4.54. The average molecular weight is 495 g/mol. The maximum Gasteiger partial charge on any atom is 0.133 e.